The van der Waals surface area contributed by atoms with Gasteiger partial charge in [-0.3, -0.25) is 24.0 Å². The van der Waals surface area contributed by atoms with Crippen molar-refractivity contribution in [1.29, 1.82) is 0 Å². The van der Waals surface area contributed by atoms with Gasteiger partial charge >= 0.3 is 41.8 Å². The Labute approximate surface area is 551 Å². The van der Waals surface area contributed by atoms with Crippen LogP contribution in [0, 0.1) is 0 Å². The molecule has 0 aliphatic carbocycles. The van der Waals surface area contributed by atoms with E-state index in [9.17, 15) is 43.8 Å². The lowest BCUT2D eigenvalue weighted by Gasteiger charge is -2.46. The summed E-state index contributed by atoms with van der Waals surface area (Å²) >= 11 is 0. The Kier molecular flexibility index (Phi) is 32.5. The SMILES string of the molecule is COC(=O)C1OC(OC(C=CC(O)OC)CCOC(C)=O)C(OC(C)=O)C(OCc2ccccc2)C1OC(=O)CC(CCOC(C)=O)OC1OC(C(=O)OC)C(OC(O)C(C)=CC(CCOC(C)=O)OCc2ccccc2)C(OCc2ccccc2)C1OCc1ccccc1. The summed E-state index contributed by atoms with van der Waals surface area (Å²) in [5.41, 5.74) is 3.00. The third-order valence-electron chi connectivity index (χ3n) is 14.6. The van der Waals surface area contributed by atoms with Crippen LogP contribution in [0.15, 0.2) is 145 Å². The van der Waals surface area contributed by atoms with E-state index < -0.39 is 141 Å². The fourth-order valence-corrected chi connectivity index (χ4v) is 9.97. The van der Waals surface area contributed by atoms with Gasteiger partial charge in [-0.05, 0) is 40.8 Å². The molecule has 2 heterocycles. The predicted molar refractivity (Wildman–Crippen MR) is 332 cm³/mol. The minimum Gasteiger partial charge on any atom is -0.467 e. The van der Waals surface area contributed by atoms with E-state index in [1.54, 1.807) is 91.9 Å². The third-order valence-corrected chi connectivity index (χ3v) is 14.6. The number of rotatable bonds is 38. The van der Waals surface area contributed by atoms with Crippen LogP contribution < -0.4 is 0 Å². The fourth-order valence-electron chi connectivity index (χ4n) is 9.97. The standard InChI is InChI=1S/C69H86O26/c1-43(37-53(32-35-83-45(3)71)85-39-48-21-13-9-14-22-48)65(76)93-60-57(86-40-49-23-15-10-16-24-49)63(88-42-51-27-19-12-20-28-51)68(94-62(60)67(78)81-8)91-54(33-36-84-46(4)72)38-56(75)92-59-58(87-41-50-25-17-11-18-26-50)64(89-47(5)73)69(95-61(59)66(77)80-7)90-52(29-30-55(74)79-6)31-34-82-44(2)70/h9-30,37,52-55,57-65,68-69,74,76H,31-36,38-42H2,1-8H3. The number of methoxy groups -OCH3 is 3. The molecule has 4 aromatic rings. The van der Waals surface area contributed by atoms with Crippen LogP contribution in [0.3, 0.4) is 0 Å². The van der Waals surface area contributed by atoms with Crippen LogP contribution in [0.1, 0.15) is 82.6 Å². The zero-order valence-electron chi connectivity index (χ0n) is 54.4. The molecule has 15 atom stereocenters. The summed E-state index contributed by atoms with van der Waals surface area (Å²) in [5, 5.41) is 22.4. The van der Waals surface area contributed by atoms with Gasteiger partial charge in [0, 0.05) is 54.1 Å². The quantitative estimate of drug-likeness (QED) is 0.0220. The minimum atomic E-state index is -1.88. The molecule has 2 fully saturated rings. The predicted octanol–water partition coefficient (Wildman–Crippen LogP) is 6.16. The van der Waals surface area contributed by atoms with Crippen LogP contribution in [0.5, 0.6) is 0 Å². The van der Waals surface area contributed by atoms with Crippen molar-refractivity contribution >= 4 is 41.8 Å². The molecule has 2 N–H and O–H groups in total. The van der Waals surface area contributed by atoms with Gasteiger partial charge in [0.15, 0.2) is 49.6 Å². The number of carbonyl (C=O) groups is 7. The first-order valence-electron chi connectivity index (χ1n) is 30.8. The smallest absolute Gasteiger partial charge is 0.339 e. The second-order valence-electron chi connectivity index (χ2n) is 21.9. The average Bonchev–Trinajstić information content (AvgIpc) is 0.798. The van der Waals surface area contributed by atoms with Crippen molar-refractivity contribution in [3.8, 4) is 0 Å². The van der Waals surface area contributed by atoms with Crippen LogP contribution in [-0.2, 0) is 141 Å². The lowest BCUT2D eigenvalue weighted by atomic mass is 9.97. The summed E-state index contributed by atoms with van der Waals surface area (Å²) in [7, 11) is 3.41. The zero-order chi connectivity index (χ0) is 68.7. The molecule has 2 saturated heterocycles. The molecule has 2 aliphatic heterocycles. The molecule has 26 nitrogen and oxygen atoms in total. The first-order chi connectivity index (χ1) is 45.7. The van der Waals surface area contributed by atoms with E-state index in [1.165, 1.54) is 40.0 Å². The van der Waals surface area contributed by atoms with Crippen molar-refractivity contribution in [2.75, 3.05) is 41.2 Å². The lowest BCUT2D eigenvalue weighted by molar-refractivity contribution is -0.337. The molecule has 0 amide bonds. The van der Waals surface area contributed by atoms with E-state index in [0.717, 1.165) is 26.7 Å². The molecule has 15 unspecified atom stereocenters. The van der Waals surface area contributed by atoms with E-state index in [2.05, 4.69) is 0 Å². The maximum atomic E-state index is 15.0. The topological polar surface area (TPSA) is 317 Å². The van der Waals surface area contributed by atoms with Crippen molar-refractivity contribution in [1.82, 2.24) is 0 Å². The molecular weight excluding hydrogens is 1240 g/mol. The number of benzene rings is 4. The van der Waals surface area contributed by atoms with Crippen LogP contribution >= 0.6 is 0 Å². The Bertz CT molecular complexity index is 3040. The summed E-state index contributed by atoms with van der Waals surface area (Å²) < 4.78 is 102. The van der Waals surface area contributed by atoms with Gasteiger partial charge in [-0.25, -0.2) is 9.59 Å². The lowest BCUT2D eigenvalue weighted by Crippen LogP contribution is -2.64. The number of hydrogen-bond acceptors (Lipinski definition) is 26. The Morgan fingerprint density at radius 1 is 0.463 bits per heavy atom. The minimum absolute atomic E-state index is 0.0169. The number of aliphatic hydroxyl groups excluding tert-OH is 2. The highest BCUT2D eigenvalue weighted by Crippen LogP contribution is 2.36. The van der Waals surface area contributed by atoms with Crippen LogP contribution in [0.4, 0.5) is 0 Å². The molecule has 4 aromatic carbocycles. The highest BCUT2D eigenvalue weighted by Gasteiger charge is 2.56. The van der Waals surface area contributed by atoms with Crippen molar-refractivity contribution < 1.29 is 124 Å². The Morgan fingerprint density at radius 2 is 0.895 bits per heavy atom. The van der Waals surface area contributed by atoms with E-state index in [0.29, 0.717) is 16.7 Å². The Balaban J connectivity index is 1.40. The number of aliphatic hydroxyl groups is 2. The van der Waals surface area contributed by atoms with Gasteiger partial charge < -0.3 is 90.7 Å². The number of esters is 7. The molecule has 518 valence electrons. The van der Waals surface area contributed by atoms with Crippen LogP contribution in [0.25, 0.3) is 0 Å². The number of ether oxygens (including phenoxy) is 17. The fraction of sp³-hybridized carbons (Fsp3) is 0.493. The van der Waals surface area contributed by atoms with Gasteiger partial charge in [-0.1, -0.05) is 133 Å². The number of hydrogen-bond donors (Lipinski definition) is 2. The molecule has 95 heavy (non-hydrogen) atoms. The Morgan fingerprint density at radius 3 is 1.36 bits per heavy atom. The summed E-state index contributed by atoms with van der Waals surface area (Å²) in [4.78, 5) is 92.4. The van der Waals surface area contributed by atoms with Crippen molar-refractivity contribution in [2.45, 2.75) is 179 Å². The summed E-state index contributed by atoms with van der Waals surface area (Å²) in [6, 6.07) is 36.0. The maximum Gasteiger partial charge on any atom is 0.339 e. The first-order valence-corrected chi connectivity index (χ1v) is 30.8. The van der Waals surface area contributed by atoms with E-state index in [4.69, 9.17) is 80.5 Å². The van der Waals surface area contributed by atoms with Gasteiger partial charge in [0.05, 0.1) is 85.2 Å². The summed E-state index contributed by atoms with van der Waals surface area (Å²) in [5.74, 6) is -5.87. The molecular formula is C69H86O26. The van der Waals surface area contributed by atoms with E-state index >= 15 is 0 Å². The van der Waals surface area contributed by atoms with Gasteiger partial charge in [0.25, 0.3) is 0 Å². The highest BCUT2D eigenvalue weighted by molar-refractivity contribution is 5.77. The molecule has 0 bridgehead atoms. The molecule has 0 aromatic heterocycles. The monoisotopic (exact) mass is 1330 g/mol. The van der Waals surface area contributed by atoms with Crippen LogP contribution in [-0.4, -0.2) is 185 Å². The second-order valence-corrected chi connectivity index (χ2v) is 21.9. The highest BCUT2D eigenvalue weighted by atomic mass is 16.8. The molecule has 0 saturated carbocycles. The normalized spacial score (nSPS) is 22.8. The maximum absolute atomic E-state index is 15.0. The van der Waals surface area contributed by atoms with Gasteiger partial charge in [-0.2, -0.15) is 0 Å². The van der Waals surface area contributed by atoms with Crippen molar-refractivity contribution in [2.24, 2.45) is 0 Å². The summed E-state index contributed by atoms with van der Waals surface area (Å²) in [6.45, 7) is 5.43. The summed E-state index contributed by atoms with van der Waals surface area (Å²) in [6.07, 6.45) is -19.6. The molecule has 26 heteroatoms. The van der Waals surface area contributed by atoms with Gasteiger partial charge in [0.2, 0.25) is 0 Å². The van der Waals surface area contributed by atoms with Gasteiger partial charge in [0.1, 0.15) is 24.4 Å². The largest absolute Gasteiger partial charge is 0.467 e. The molecule has 6 rings (SSSR count). The molecule has 2 aliphatic rings. The van der Waals surface area contributed by atoms with Gasteiger partial charge in [-0.15, -0.1) is 0 Å². The van der Waals surface area contributed by atoms with Crippen molar-refractivity contribution in [3.63, 3.8) is 0 Å². The molecule has 0 spiro atoms. The van der Waals surface area contributed by atoms with Crippen molar-refractivity contribution in [3.05, 3.63) is 167 Å². The van der Waals surface area contributed by atoms with E-state index in [1.807, 2.05) is 42.5 Å². The Hall–Kier alpha value is -7.83. The number of carbonyl (C=O) groups excluding carboxylic acids is 7. The third kappa shape index (κ3) is 26.0. The van der Waals surface area contributed by atoms with E-state index in [-0.39, 0.29) is 71.1 Å². The average molecular weight is 1330 g/mol. The van der Waals surface area contributed by atoms with Crippen LogP contribution in [0.2, 0.25) is 0 Å². The first kappa shape index (κ1) is 76.2. The second kappa shape index (κ2) is 40.5. The zero-order valence-corrected chi connectivity index (χ0v) is 54.4. The molecule has 0 radical (unpaired) electrons.